The van der Waals surface area contributed by atoms with Gasteiger partial charge in [0.05, 0.1) is 0 Å². The van der Waals surface area contributed by atoms with Crippen LogP contribution in [0, 0.1) is 5.92 Å². The molecule has 0 aromatic rings. The number of rotatable bonds is 8. The molecule has 2 N–H and O–H groups in total. The molecule has 4 heteroatoms. The van der Waals surface area contributed by atoms with E-state index in [4.69, 9.17) is 0 Å². The van der Waals surface area contributed by atoms with Crippen molar-refractivity contribution in [3.05, 3.63) is 47.6 Å². The van der Waals surface area contributed by atoms with E-state index in [1.54, 1.807) is 0 Å². The highest BCUT2D eigenvalue weighted by atomic mass is 16.2. The SMILES string of the molecule is CCCCCC(C)NC(=O)C1=C/C(C)/C=C\C(C(=O)NC2CCCCC2)=C/C/C=C\1. The van der Waals surface area contributed by atoms with Gasteiger partial charge in [-0.05, 0) is 38.5 Å². The maximum absolute atomic E-state index is 12.7. The molecule has 0 spiro atoms. The van der Waals surface area contributed by atoms with Crippen LogP contribution < -0.4 is 10.6 Å². The Bertz CT molecular complexity index is 681. The van der Waals surface area contributed by atoms with Crippen molar-refractivity contribution < 1.29 is 9.59 Å². The second kappa shape index (κ2) is 13.3. The van der Waals surface area contributed by atoms with Gasteiger partial charge in [0.2, 0.25) is 0 Å². The molecule has 2 amide bonds. The quantitative estimate of drug-likeness (QED) is 0.515. The molecule has 1 fully saturated rings. The molecule has 4 nitrogen and oxygen atoms in total. The number of hydrogen-bond acceptors (Lipinski definition) is 2. The minimum atomic E-state index is -0.0182. The summed E-state index contributed by atoms with van der Waals surface area (Å²) >= 11 is 0. The van der Waals surface area contributed by atoms with Gasteiger partial charge < -0.3 is 10.6 Å². The molecule has 30 heavy (non-hydrogen) atoms. The number of allylic oxidation sites excluding steroid dienone is 4. The monoisotopic (exact) mass is 412 g/mol. The molecule has 0 aromatic carbocycles. The lowest BCUT2D eigenvalue weighted by atomic mass is 9.95. The van der Waals surface area contributed by atoms with Crippen LogP contribution in [0.4, 0.5) is 0 Å². The van der Waals surface area contributed by atoms with Gasteiger partial charge in [-0.15, -0.1) is 0 Å². The number of carbonyl (C=O) groups excluding carboxylic acids is 2. The zero-order valence-electron chi connectivity index (χ0n) is 19.1. The van der Waals surface area contributed by atoms with Crippen LogP contribution in [-0.4, -0.2) is 23.9 Å². The summed E-state index contributed by atoms with van der Waals surface area (Å²) in [5, 5.41) is 6.32. The average Bonchev–Trinajstić information content (AvgIpc) is 2.73. The fourth-order valence-electron chi connectivity index (χ4n) is 4.02. The first-order valence-electron chi connectivity index (χ1n) is 11.9. The van der Waals surface area contributed by atoms with E-state index in [2.05, 4.69) is 24.5 Å². The Morgan fingerprint density at radius 2 is 1.83 bits per heavy atom. The standard InChI is InChI=1S/C26H40N2O2/c1-4-5-7-12-21(3)27-26(30)23-14-11-10-13-22(18-17-20(2)19-23)25(29)28-24-15-8-6-9-16-24/h11,13-14,17-21,24H,4-10,12,15-16H2,1-3H3,(H,27,30)(H,28,29)/b14-11-,18-17-,22-13+,23-19+. The molecule has 2 aliphatic rings. The summed E-state index contributed by atoms with van der Waals surface area (Å²) in [5.74, 6) is 0.0623. The van der Waals surface area contributed by atoms with E-state index in [0.717, 1.165) is 25.7 Å². The average molecular weight is 413 g/mol. The number of hydrogen-bond donors (Lipinski definition) is 2. The van der Waals surface area contributed by atoms with Crippen LogP contribution in [-0.2, 0) is 9.59 Å². The first-order valence-corrected chi connectivity index (χ1v) is 11.9. The number of carbonyl (C=O) groups is 2. The fourth-order valence-corrected chi connectivity index (χ4v) is 4.02. The molecule has 166 valence electrons. The van der Waals surface area contributed by atoms with Crippen molar-refractivity contribution in [1.82, 2.24) is 10.6 Å². The molecule has 0 aromatic heterocycles. The Morgan fingerprint density at radius 1 is 1.07 bits per heavy atom. The Hall–Kier alpha value is -2.10. The summed E-state index contributed by atoms with van der Waals surface area (Å²) < 4.78 is 0. The van der Waals surface area contributed by atoms with Gasteiger partial charge >= 0.3 is 0 Å². The van der Waals surface area contributed by atoms with Gasteiger partial charge in [-0.2, -0.15) is 0 Å². The van der Waals surface area contributed by atoms with Crippen LogP contribution >= 0.6 is 0 Å². The molecule has 0 bridgehead atoms. The van der Waals surface area contributed by atoms with Gasteiger partial charge in [-0.25, -0.2) is 0 Å². The van der Waals surface area contributed by atoms with E-state index in [-0.39, 0.29) is 23.8 Å². The highest BCUT2D eigenvalue weighted by Gasteiger charge is 2.17. The third-order valence-corrected chi connectivity index (χ3v) is 5.88. The van der Waals surface area contributed by atoms with Crippen LogP contribution in [0.2, 0.25) is 0 Å². The Balaban J connectivity index is 1.96. The van der Waals surface area contributed by atoms with E-state index in [9.17, 15) is 9.59 Å². The molecule has 2 atom stereocenters. The second-order valence-corrected chi connectivity index (χ2v) is 8.82. The number of amides is 2. The second-order valence-electron chi connectivity index (χ2n) is 8.82. The lowest BCUT2D eigenvalue weighted by Crippen LogP contribution is -2.36. The van der Waals surface area contributed by atoms with Crippen LogP contribution in [0.15, 0.2) is 47.6 Å². The van der Waals surface area contributed by atoms with E-state index in [0.29, 0.717) is 23.6 Å². The maximum Gasteiger partial charge on any atom is 0.251 e. The fraction of sp³-hybridized carbons (Fsp3) is 0.615. The first-order chi connectivity index (χ1) is 14.5. The van der Waals surface area contributed by atoms with E-state index in [1.807, 2.05) is 43.4 Å². The summed E-state index contributed by atoms with van der Waals surface area (Å²) in [7, 11) is 0. The summed E-state index contributed by atoms with van der Waals surface area (Å²) in [6, 6.07) is 0.480. The van der Waals surface area contributed by atoms with Gasteiger partial charge in [0.25, 0.3) is 11.8 Å². The van der Waals surface area contributed by atoms with E-state index < -0.39 is 0 Å². The first kappa shape index (κ1) is 24.2. The number of unbranched alkanes of at least 4 members (excludes halogenated alkanes) is 2. The van der Waals surface area contributed by atoms with Crippen molar-refractivity contribution in [3.8, 4) is 0 Å². The molecule has 2 aliphatic carbocycles. The third-order valence-electron chi connectivity index (χ3n) is 5.88. The van der Waals surface area contributed by atoms with Gasteiger partial charge in [0.1, 0.15) is 0 Å². The normalized spacial score (nSPS) is 27.0. The summed E-state index contributed by atoms with van der Waals surface area (Å²) in [6.45, 7) is 6.30. The Morgan fingerprint density at radius 3 is 2.57 bits per heavy atom. The summed E-state index contributed by atoms with van der Waals surface area (Å²) in [6.07, 6.45) is 22.7. The van der Waals surface area contributed by atoms with Crippen molar-refractivity contribution in [1.29, 1.82) is 0 Å². The largest absolute Gasteiger partial charge is 0.350 e. The van der Waals surface area contributed by atoms with Crippen molar-refractivity contribution in [2.45, 2.75) is 97.1 Å². The van der Waals surface area contributed by atoms with Gasteiger partial charge in [0, 0.05) is 23.2 Å². The van der Waals surface area contributed by atoms with Crippen molar-refractivity contribution in [2.24, 2.45) is 5.92 Å². The highest BCUT2D eigenvalue weighted by molar-refractivity contribution is 5.97. The lowest BCUT2D eigenvalue weighted by molar-refractivity contribution is -0.118. The molecule has 1 saturated carbocycles. The minimum Gasteiger partial charge on any atom is -0.350 e. The van der Waals surface area contributed by atoms with Gasteiger partial charge in [0.15, 0.2) is 0 Å². The topological polar surface area (TPSA) is 58.2 Å². The number of nitrogens with one attached hydrogen (secondary N) is 2. The summed E-state index contributed by atoms with van der Waals surface area (Å²) in [4.78, 5) is 25.4. The Kier molecular flexibility index (Phi) is 10.7. The Labute approximate surface area is 183 Å². The van der Waals surface area contributed by atoms with Crippen LogP contribution in [0.25, 0.3) is 0 Å². The van der Waals surface area contributed by atoms with Crippen LogP contribution in [0.1, 0.15) is 85.0 Å². The molecular weight excluding hydrogens is 372 g/mol. The zero-order chi connectivity index (χ0) is 21.8. The highest BCUT2D eigenvalue weighted by Crippen LogP contribution is 2.18. The van der Waals surface area contributed by atoms with Crippen molar-refractivity contribution in [2.75, 3.05) is 0 Å². The van der Waals surface area contributed by atoms with Crippen molar-refractivity contribution in [3.63, 3.8) is 0 Å². The van der Waals surface area contributed by atoms with Gasteiger partial charge in [-0.3, -0.25) is 9.59 Å². The molecule has 2 rings (SSSR count). The van der Waals surface area contributed by atoms with E-state index in [1.165, 1.54) is 32.1 Å². The zero-order valence-corrected chi connectivity index (χ0v) is 19.1. The predicted octanol–water partition coefficient (Wildman–Crippen LogP) is 5.53. The lowest BCUT2D eigenvalue weighted by Gasteiger charge is -2.23. The van der Waals surface area contributed by atoms with Crippen LogP contribution in [0.5, 0.6) is 0 Å². The van der Waals surface area contributed by atoms with Crippen LogP contribution in [0.3, 0.4) is 0 Å². The molecule has 0 heterocycles. The molecule has 0 saturated heterocycles. The van der Waals surface area contributed by atoms with Gasteiger partial charge in [-0.1, -0.05) is 88.8 Å². The smallest absolute Gasteiger partial charge is 0.251 e. The molecule has 0 aliphatic heterocycles. The molecule has 0 radical (unpaired) electrons. The predicted molar refractivity (Wildman–Crippen MR) is 125 cm³/mol. The molecular formula is C26H40N2O2. The maximum atomic E-state index is 12.7. The van der Waals surface area contributed by atoms with E-state index >= 15 is 0 Å². The van der Waals surface area contributed by atoms with Crippen molar-refractivity contribution >= 4 is 11.8 Å². The minimum absolute atomic E-state index is 0.0159. The molecule has 2 unspecified atom stereocenters. The third kappa shape index (κ3) is 8.73. The summed E-state index contributed by atoms with van der Waals surface area (Å²) in [5.41, 5.74) is 1.40.